The highest BCUT2D eigenvalue weighted by Crippen LogP contribution is 2.26. The van der Waals surface area contributed by atoms with Crippen LogP contribution >= 0.6 is 11.6 Å². The summed E-state index contributed by atoms with van der Waals surface area (Å²) in [6.45, 7) is 8.27. The van der Waals surface area contributed by atoms with Gasteiger partial charge in [0.05, 0.1) is 0 Å². The van der Waals surface area contributed by atoms with E-state index in [9.17, 15) is 4.79 Å². The molecule has 1 amide bonds. The Morgan fingerprint density at radius 2 is 1.71 bits per heavy atom. The topological polar surface area (TPSA) is 38.3 Å². The van der Waals surface area contributed by atoms with Gasteiger partial charge < -0.3 is 10.1 Å². The van der Waals surface area contributed by atoms with Gasteiger partial charge in [-0.3, -0.25) is 4.79 Å². The van der Waals surface area contributed by atoms with Crippen molar-refractivity contribution in [2.75, 3.05) is 6.54 Å². The van der Waals surface area contributed by atoms with Gasteiger partial charge in [-0.15, -0.1) is 0 Å². The Morgan fingerprint density at radius 1 is 1.12 bits per heavy atom. The number of nitrogens with one attached hydrogen (secondary N) is 1. The molecule has 0 bridgehead atoms. The largest absolute Gasteiger partial charge is 0.481 e. The van der Waals surface area contributed by atoms with Crippen LogP contribution in [0.25, 0.3) is 0 Å². The molecule has 0 aliphatic carbocycles. The highest BCUT2D eigenvalue weighted by atomic mass is 35.5. The van der Waals surface area contributed by atoms with Gasteiger partial charge in [-0.2, -0.15) is 0 Å². The zero-order valence-electron chi connectivity index (χ0n) is 14.6. The predicted molar refractivity (Wildman–Crippen MR) is 98.9 cm³/mol. The molecule has 4 heteroatoms. The van der Waals surface area contributed by atoms with Crippen molar-refractivity contribution >= 4 is 17.5 Å². The minimum Gasteiger partial charge on any atom is -0.481 e. The van der Waals surface area contributed by atoms with E-state index in [1.807, 2.05) is 44.2 Å². The van der Waals surface area contributed by atoms with Crippen molar-refractivity contribution in [3.05, 3.63) is 64.2 Å². The first kappa shape index (κ1) is 18.3. The number of ether oxygens (including phenoxy) is 1. The molecular formula is C20H24ClNO2. The van der Waals surface area contributed by atoms with Crippen molar-refractivity contribution in [2.24, 2.45) is 0 Å². The summed E-state index contributed by atoms with van der Waals surface area (Å²) in [4.78, 5) is 12.3. The zero-order chi connectivity index (χ0) is 17.7. The molecule has 0 radical (unpaired) electrons. The third kappa shape index (κ3) is 4.75. The Bertz CT molecular complexity index is 677. The van der Waals surface area contributed by atoms with Crippen molar-refractivity contribution in [1.29, 1.82) is 0 Å². The average molecular weight is 346 g/mol. The smallest absolute Gasteiger partial charge is 0.260 e. The third-order valence-corrected chi connectivity index (χ3v) is 4.64. The molecule has 0 aliphatic rings. The molecule has 0 saturated heterocycles. The second-order valence-electron chi connectivity index (χ2n) is 6.19. The SMILES string of the molecule is Cc1cc(O[C@H](C)C(=O)NC[C@H](C)c2ccccc2)cc(C)c1Cl. The van der Waals surface area contributed by atoms with E-state index in [1.54, 1.807) is 6.92 Å². The lowest BCUT2D eigenvalue weighted by atomic mass is 10.0. The number of amides is 1. The van der Waals surface area contributed by atoms with Crippen LogP contribution in [0.3, 0.4) is 0 Å². The van der Waals surface area contributed by atoms with Crippen LogP contribution in [0.1, 0.15) is 36.5 Å². The number of halogens is 1. The molecule has 0 unspecified atom stereocenters. The molecule has 3 nitrogen and oxygen atoms in total. The number of rotatable bonds is 6. The van der Waals surface area contributed by atoms with Crippen LogP contribution in [0.15, 0.2) is 42.5 Å². The summed E-state index contributed by atoms with van der Waals surface area (Å²) in [5, 5.41) is 3.68. The highest BCUT2D eigenvalue weighted by molar-refractivity contribution is 6.32. The molecular weight excluding hydrogens is 322 g/mol. The summed E-state index contributed by atoms with van der Waals surface area (Å²) in [5.74, 6) is 0.790. The van der Waals surface area contributed by atoms with Gasteiger partial charge in [0, 0.05) is 11.6 Å². The second kappa shape index (κ2) is 8.20. The van der Waals surface area contributed by atoms with Gasteiger partial charge in [0.1, 0.15) is 5.75 Å². The lowest BCUT2D eigenvalue weighted by molar-refractivity contribution is -0.127. The second-order valence-corrected chi connectivity index (χ2v) is 6.57. The summed E-state index contributed by atoms with van der Waals surface area (Å²) < 4.78 is 5.76. The molecule has 0 fully saturated rings. The molecule has 0 aromatic heterocycles. The molecule has 0 saturated carbocycles. The maximum Gasteiger partial charge on any atom is 0.260 e. The summed E-state index contributed by atoms with van der Waals surface area (Å²) in [5.41, 5.74) is 3.09. The van der Waals surface area contributed by atoms with Gasteiger partial charge >= 0.3 is 0 Å². The number of carbonyl (C=O) groups excluding carboxylic acids is 1. The standard InChI is InChI=1S/C20H24ClNO2/c1-13-10-18(11-14(2)19(13)21)24-16(4)20(23)22-12-15(3)17-8-6-5-7-9-17/h5-11,15-16H,12H2,1-4H3,(H,22,23)/t15-,16+/m0/s1. The van der Waals surface area contributed by atoms with Gasteiger partial charge in [0.15, 0.2) is 6.10 Å². The van der Waals surface area contributed by atoms with Crippen LogP contribution in [0.4, 0.5) is 0 Å². The monoisotopic (exact) mass is 345 g/mol. The van der Waals surface area contributed by atoms with E-state index in [0.717, 1.165) is 16.1 Å². The van der Waals surface area contributed by atoms with Gasteiger partial charge in [-0.25, -0.2) is 0 Å². The van der Waals surface area contributed by atoms with Crippen LogP contribution in [0, 0.1) is 13.8 Å². The molecule has 0 aliphatic heterocycles. The number of carbonyl (C=O) groups is 1. The van der Waals surface area contributed by atoms with Gasteiger partial charge in [0.25, 0.3) is 5.91 Å². The van der Waals surface area contributed by atoms with Gasteiger partial charge in [0.2, 0.25) is 0 Å². The molecule has 0 spiro atoms. The maximum atomic E-state index is 12.3. The highest BCUT2D eigenvalue weighted by Gasteiger charge is 2.16. The summed E-state index contributed by atoms with van der Waals surface area (Å²) in [7, 11) is 0. The Balaban J connectivity index is 1.90. The lowest BCUT2D eigenvalue weighted by Crippen LogP contribution is -2.38. The molecule has 2 atom stereocenters. The molecule has 128 valence electrons. The molecule has 2 aromatic carbocycles. The maximum absolute atomic E-state index is 12.3. The predicted octanol–water partition coefficient (Wildman–Crippen LogP) is 4.64. The molecule has 1 N–H and O–H groups in total. The van der Waals surface area contributed by atoms with E-state index in [0.29, 0.717) is 12.3 Å². The van der Waals surface area contributed by atoms with Crippen LogP contribution in [-0.2, 0) is 4.79 Å². The molecule has 2 aromatic rings. The number of hydrogen-bond acceptors (Lipinski definition) is 2. The third-order valence-electron chi connectivity index (χ3n) is 4.04. The first-order valence-corrected chi connectivity index (χ1v) is 8.52. The summed E-state index contributed by atoms with van der Waals surface area (Å²) in [6.07, 6.45) is -0.562. The van der Waals surface area contributed by atoms with Crippen molar-refractivity contribution in [3.63, 3.8) is 0 Å². The summed E-state index contributed by atoms with van der Waals surface area (Å²) >= 11 is 6.16. The van der Waals surface area contributed by atoms with Crippen LogP contribution in [0.2, 0.25) is 5.02 Å². The normalized spacial score (nSPS) is 13.2. The number of benzene rings is 2. The van der Waals surface area contributed by atoms with E-state index in [1.165, 1.54) is 5.56 Å². The zero-order valence-corrected chi connectivity index (χ0v) is 15.4. The van der Waals surface area contributed by atoms with E-state index < -0.39 is 6.10 Å². The lowest BCUT2D eigenvalue weighted by Gasteiger charge is -2.18. The van der Waals surface area contributed by atoms with Crippen LogP contribution < -0.4 is 10.1 Å². The quantitative estimate of drug-likeness (QED) is 0.828. The Morgan fingerprint density at radius 3 is 2.29 bits per heavy atom. The minimum absolute atomic E-state index is 0.122. The summed E-state index contributed by atoms with van der Waals surface area (Å²) in [6, 6.07) is 13.8. The first-order valence-electron chi connectivity index (χ1n) is 8.14. The Kier molecular flexibility index (Phi) is 6.27. The fourth-order valence-electron chi connectivity index (χ4n) is 2.53. The van der Waals surface area contributed by atoms with E-state index >= 15 is 0 Å². The number of hydrogen-bond donors (Lipinski definition) is 1. The number of aryl methyl sites for hydroxylation is 2. The minimum atomic E-state index is -0.562. The van der Waals surface area contributed by atoms with Crippen molar-refractivity contribution in [3.8, 4) is 5.75 Å². The Hall–Kier alpha value is -2.00. The van der Waals surface area contributed by atoms with Crippen molar-refractivity contribution in [2.45, 2.75) is 39.7 Å². The fourth-order valence-corrected chi connectivity index (χ4v) is 2.64. The fraction of sp³-hybridized carbons (Fsp3) is 0.350. The molecule has 24 heavy (non-hydrogen) atoms. The molecule has 2 rings (SSSR count). The van der Waals surface area contributed by atoms with Crippen molar-refractivity contribution < 1.29 is 9.53 Å². The van der Waals surface area contributed by atoms with E-state index in [-0.39, 0.29) is 11.8 Å². The average Bonchev–Trinajstić information content (AvgIpc) is 2.57. The molecule has 0 heterocycles. The van der Waals surface area contributed by atoms with Gasteiger partial charge in [-0.1, -0.05) is 48.9 Å². The van der Waals surface area contributed by atoms with Gasteiger partial charge in [-0.05, 0) is 55.5 Å². The first-order chi connectivity index (χ1) is 11.4. The Labute approximate surface area is 149 Å². The van der Waals surface area contributed by atoms with E-state index in [2.05, 4.69) is 24.4 Å². The van der Waals surface area contributed by atoms with Crippen LogP contribution in [0.5, 0.6) is 5.75 Å². The van der Waals surface area contributed by atoms with Crippen molar-refractivity contribution in [1.82, 2.24) is 5.32 Å². The van der Waals surface area contributed by atoms with E-state index in [4.69, 9.17) is 16.3 Å². The van der Waals surface area contributed by atoms with Crippen LogP contribution in [-0.4, -0.2) is 18.6 Å².